The van der Waals surface area contributed by atoms with Crippen molar-refractivity contribution in [2.24, 2.45) is 5.73 Å². The Kier molecular flexibility index (Phi) is 4.85. The molecule has 0 aliphatic heterocycles. The minimum Gasteiger partial charge on any atom is -0.380 e. The molecule has 1 fully saturated rings. The van der Waals surface area contributed by atoms with Gasteiger partial charge >= 0.3 is 6.18 Å². The number of nitriles is 1. The van der Waals surface area contributed by atoms with Gasteiger partial charge in [-0.05, 0) is 19.3 Å². The maximum Gasteiger partial charge on any atom is 0.437 e. The molecule has 2 aromatic rings. The van der Waals surface area contributed by atoms with Gasteiger partial charge in [0.2, 0.25) is 0 Å². The molecule has 136 valence electrons. The van der Waals surface area contributed by atoms with Gasteiger partial charge in [0.25, 0.3) is 0 Å². The van der Waals surface area contributed by atoms with Crippen molar-refractivity contribution in [3.05, 3.63) is 29.8 Å². The molecule has 2 aromatic heterocycles. The summed E-state index contributed by atoms with van der Waals surface area (Å²) < 4.78 is 39.6. The van der Waals surface area contributed by atoms with Crippen LogP contribution in [0, 0.1) is 11.3 Å². The number of halogens is 3. The Morgan fingerprint density at radius 1 is 1.15 bits per heavy atom. The lowest BCUT2D eigenvalue weighted by Gasteiger charge is -2.18. The monoisotopic (exact) mass is 364 g/mol. The Bertz CT molecular complexity index is 815. The molecule has 1 saturated carbocycles. The Labute approximate surface area is 146 Å². The predicted octanol–water partition coefficient (Wildman–Crippen LogP) is 2.19. The molecule has 0 bridgehead atoms. The van der Waals surface area contributed by atoms with Crippen molar-refractivity contribution in [2.75, 3.05) is 10.6 Å². The smallest absolute Gasteiger partial charge is 0.380 e. The summed E-state index contributed by atoms with van der Waals surface area (Å²) in [6.07, 6.45) is -0.0969. The molecule has 2 atom stereocenters. The number of nitrogens with one attached hydrogen (secondary N) is 2. The summed E-state index contributed by atoms with van der Waals surface area (Å²) in [5, 5.41) is 21.1. The average molecular weight is 364 g/mol. The second kappa shape index (κ2) is 7.09. The fourth-order valence-corrected chi connectivity index (χ4v) is 2.72. The van der Waals surface area contributed by atoms with Crippen LogP contribution in [0.4, 0.5) is 30.5 Å². The largest absolute Gasteiger partial charge is 0.437 e. The van der Waals surface area contributed by atoms with Crippen molar-refractivity contribution < 1.29 is 13.2 Å². The number of rotatable bonds is 4. The van der Waals surface area contributed by atoms with E-state index in [1.54, 1.807) is 0 Å². The highest BCUT2D eigenvalue weighted by atomic mass is 19.4. The third-order valence-electron chi connectivity index (χ3n) is 3.92. The van der Waals surface area contributed by atoms with E-state index in [1.165, 1.54) is 18.5 Å². The van der Waals surface area contributed by atoms with E-state index in [0.717, 1.165) is 6.42 Å². The molecule has 8 nitrogen and oxygen atoms in total. The first-order valence-corrected chi connectivity index (χ1v) is 7.81. The van der Waals surface area contributed by atoms with Gasteiger partial charge in [0.05, 0.1) is 18.1 Å². The standard InChI is InChI=1S/C15H15F3N8/c16-15(17,18)14-11(23-9-2-1-8(20)3-9)4-12(25-26-14)24-13-7-21-10(5-19)6-22-13/h4,6-9H,1-3,20H2,(H2,22,23,24,25). The summed E-state index contributed by atoms with van der Waals surface area (Å²) in [5.74, 6) is 0.300. The molecular weight excluding hydrogens is 349 g/mol. The first-order valence-electron chi connectivity index (χ1n) is 7.81. The summed E-state index contributed by atoms with van der Waals surface area (Å²) in [7, 11) is 0. The summed E-state index contributed by atoms with van der Waals surface area (Å²) >= 11 is 0. The topological polar surface area (TPSA) is 125 Å². The normalized spacial score (nSPS) is 19.8. The van der Waals surface area contributed by atoms with Crippen LogP contribution in [-0.4, -0.2) is 32.2 Å². The van der Waals surface area contributed by atoms with E-state index in [4.69, 9.17) is 11.0 Å². The molecule has 2 heterocycles. The maximum absolute atomic E-state index is 13.2. The number of aromatic nitrogens is 4. The molecule has 4 N–H and O–H groups in total. The van der Waals surface area contributed by atoms with E-state index >= 15 is 0 Å². The van der Waals surface area contributed by atoms with Crippen LogP contribution in [0.2, 0.25) is 0 Å². The second-order valence-electron chi connectivity index (χ2n) is 5.93. The van der Waals surface area contributed by atoms with Crippen molar-refractivity contribution >= 4 is 17.3 Å². The zero-order chi connectivity index (χ0) is 18.7. The molecule has 0 saturated heterocycles. The lowest BCUT2D eigenvalue weighted by Crippen LogP contribution is -2.23. The molecule has 11 heteroatoms. The van der Waals surface area contributed by atoms with Crippen LogP contribution in [0.15, 0.2) is 18.5 Å². The molecule has 3 rings (SSSR count). The average Bonchev–Trinajstić information content (AvgIpc) is 2.99. The van der Waals surface area contributed by atoms with Crippen molar-refractivity contribution in [3.63, 3.8) is 0 Å². The Morgan fingerprint density at radius 3 is 2.54 bits per heavy atom. The number of hydrogen-bond acceptors (Lipinski definition) is 8. The van der Waals surface area contributed by atoms with Crippen molar-refractivity contribution in [1.82, 2.24) is 20.2 Å². The second-order valence-corrected chi connectivity index (χ2v) is 5.93. The van der Waals surface area contributed by atoms with Crippen LogP contribution in [0.25, 0.3) is 0 Å². The fourth-order valence-electron chi connectivity index (χ4n) is 2.72. The van der Waals surface area contributed by atoms with Gasteiger partial charge in [0.1, 0.15) is 11.9 Å². The van der Waals surface area contributed by atoms with Crippen molar-refractivity contribution in [1.29, 1.82) is 5.26 Å². The van der Waals surface area contributed by atoms with Gasteiger partial charge in [-0.3, -0.25) is 0 Å². The van der Waals surface area contributed by atoms with Crippen molar-refractivity contribution in [3.8, 4) is 6.07 Å². The quantitative estimate of drug-likeness (QED) is 0.754. The van der Waals surface area contributed by atoms with E-state index in [-0.39, 0.29) is 35.1 Å². The highest BCUT2D eigenvalue weighted by molar-refractivity contribution is 5.60. The molecule has 1 aliphatic rings. The van der Waals surface area contributed by atoms with Crippen LogP contribution in [-0.2, 0) is 6.18 Å². The number of alkyl halides is 3. The number of nitrogens with two attached hydrogens (primary N) is 1. The number of nitrogens with zero attached hydrogens (tertiary/aromatic N) is 5. The van der Waals surface area contributed by atoms with Gasteiger partial charge < -0.3 is 16.4 Å². The molecular formula is C15H15F3N8. The number of hydrogen-bond donors (Lipinski definition) is 3. The molecule has 2 unspecified atom stereocenters. The lowest BCUT2D eigenvalue weighted by atomic mass is 10.2. The van der Waals surface area contributed by atoms with Gasteiger partial charge in [-0.15, -0.1) is 10.2 Å². The van der Waals surface area contributed by atoms with Crippen LogP contribution in [0.5, 0.6) is 0 Å². The summed E-state index contributed by atoms with van der Waals surface area (Å²) in [6.45, 7) is 0. The molecule has 26 heavy (non-hydrogen) atoms. The van der Waals surface area contributed by atoms with Gasteiger partial charge in [-0.1, -0.05) is 0 Å². The molecule has 1 aliphatic carbocycles. The third-order valence-corrected chi connectivity index (χ3v) is 3.92. The van der Waals surface area contributed by atoms with E-state index in [1.807, 2.05) is 6.07 Å². The predicted molar refractivity (Wildman–Crippen MR) is 86.3 cm³/mol. The number of anilines is 3. The van der Waals surface area contributed by atoms with Crippen LogP contribution in [0.1, 0.15) is 30.7 Å². The Hall–Kier alpha value is -3.00. The first-order chi connectivity index (χ1) is 12.3. The van der Waals surface area contributed by atoms with Gasteiger partial charge in [-0.2, -0.15) is 18.4 Å². The third kappa shape index (κ3) is 4.15. The maximum atomic E-state index is 13.2. The van der Waals surface area contributed by atoms with Gasteiger partial charge in [0.15, 0.2) is 17.2 Å². The highest BCUT2D eigenvalue weighted by Gasteiger charge is 2.37. The van der Waals surface area contributed by atoms with Crippen LogP contribution in [0.3, 0.4) is 0 Å². The minimum absolute atomic E-state index is 0.0249. The SMILES string of the molecule is N#Cc1cnc(Nc2cc(NC3CCC(N)C3)c(C(F)(F)F)nn2)cn1. The zero-order valence-electron chi connectivity index (χ0n) is 13.5. The van der Waals surface area contributed by atoms with E-state index in [0.29, 0.717) is 12.8 Å². The van der Waals surface area contributed by atoms with Crippen molar-refractivity contribution in [2.45, 2.75) is 37.5 Å². The van der Waals surface area contributed by atoms with E-state index < -0.39 is 11.9 Å². The molecule has 0 amide bonds. The Morgan fingerprint density at radius 2 is 1.96 bits per heavy atom. The summed E-state index contributed by atoms with van der Waals surface area (Å²) in [6, 6.07) is 2.86. The van der Waals surface area contributed by atoms with Gasteiger partial charge in [0, 0.05) is 18.2 Å². The molecule has 0 spiro atoms. The minimum atomic E-state index is -4.64. The first kappa shape index (κ1) is 17.8. The summed E-state index contributed by atoms with van der Waals surface area (Å²) in [5.41, 5.74) is 4.68. The summed E-state index contributed by atoms with van der Waals surface area (Å²) in [4.78, 5) is 7.76. The highest BCUT2D eigenvalue weighted by Crippen LogP contribution is 2.35. The van der Waals surface area contributed by atoms with Crippen LogP contribution >= 0.6 is 0 Å². The zero-order valence-corrected chi connectivity index (χ0v) is 13.5. The Balaban J connectivity index is 1.84. The van der Waals surface area contributed by atoms with E-state index in [9.17, 15) is 13.2 Å². The van der Waals surface area contributed by atoms with E-state index in [2.05, 4.69) is 30.8 Å². The lowest BCUT2D eigenvalue weighted by molar-refractivity contribution is -0.141. The fraction of sp³-hybridized carbons (Fsp3) is 0.400. The molecule has 0 radical (unpaired) electrons. The van der Waals surface area contributed by atoms with Crippen LogP contribution < -0.4 is 16.4 Å². The van der Waals surface area contributed by atoms with Gasteiger partial charge in [-0.25, -0.2) is 9.97 Å². The molecule has 0 aromatic carbocycles.